The maximum absolute atomic E-state index is 13.0. The molecule has 0 atom stereocenters. The Morgan fingerprint density at radius 1 is 1.15 bits per heavy atom. The Morgan fingerprint density at radius 3 is 2.52 bits per heavy atom. The van der Waals surface area contributed by atoms with Crippen LogP contribution in [-0.4, -0.2) is 31.1 Å². The van der Waals surface area contributed by atoms with Crippen molar-refractivity contribution in [2.24, 2.45) is 5.92 Å². The van der Waals surface area contributed by atoms with Crippen LogP contribution in [0.5, 0.6) is 0 Å². The average Bonchev–Trinajstić information content (AvgIpc) is 2.67. The molecule has 2 aromatic rings. The van der Waals surface area contributed by atoms with Gasteiger partial charge in [-0.2, -0.15) is 0 Å². The molecule has 1 aliphatic heterocycles. The number of likely N-dealkylation sites (tertiary alicyclic amines) is 1. The third kappa shape index (κ3) is 5.54. The summed E-state index contributed by atoms with van der Waals surface area (Å²) in [6.45, 7) is 4.99. The SMILES string of the molecule is CNC(=O)Nc1ccc(C)cc1CN1CCC(Cc2ccc(F)cc2)CC1. The number of hydrogen-bond acceptors (Lipinski definition) is 2. The van der Waals surface area contributed by atoms with E-state index in [0.29, 0.717) is 5.92 Å². The highest BCUT2D eigenvalue weighted by atomic mass is 19.1. The van der Waals surface area contributed by atoms with Gasteiger partial charge in [-0.3, -0.25) is 4.90 Å². The average molecular weight is 369 g/mol. The van der Waals surface area contributed by atoms with Crippen molar-refractivity contribution in [1.29, 1.82) is 0 Å². The number of carbonyl (C=O) groups excluding carboxylic acids is 1. The van der Waals surface area contributed by atoms with E-state index in [-0.39, 0.29) is 11.8 Å². The summed E-state index contributed by atoms with van der Waals surface area (Å²) in [5.74, 6) is 0.473. The van der Waals surface area contributed by atoms with Gasteiger partial charge in [0.05, 0.1) is 0 Å². The zero-order valence-electron chi connectivity index (χ0n) is 16.1. The molecule has 4 nitrogen and oxygen atoms in total. The molecule has 2 N–H and O–H groups in total. The number of carbonyl (C=O) groups is 1. The molecule has 1 aliphatic rings. The van der Waals surface area contributed by atoms with Crippen LogP contribution in [0.3, 0.4) is 0 Å². The minimum absolute atomic E-state index is 0.173. The van der Waals surface area contributed by atoms with Gasteiger partial charge in [0.2, 0.25) is 0 Å². The molecule has 2 amide bonds. The van der Waals surface area contributed by atoms with Crippen LogP contribution in [0.4, 0.5) is 14.9 Å². The number of amides is 2. The number of piperidine rings is 1. The number of anilines is 1. The van der Waals surface area contributed by atoms with Crippen molar-refractivity contribution in [3.05, 3.63) is 65.0 Å². The Kier molecular flexibility index (Phi) is 6.45. The molecule has 144 valence electrons. The topological polar surface area (TPSA) is 44.4 Å². The van der Waals surface area contributed by atoms with Crippen LogP contribution < -0.4 is 10.6 Å². The summed E-state index contributed by atoms with van der Waals surface area (Å²) in [5.41, 5.74) is 4.42. The largest absolute Gasteiger partial charge is 0.341 e. The number of nitrogens with zero attached hydrogens (tertiary/aromatic N) is 1. The fourth-order valence-electron chi connectivity index (χ4n) is 3.70. The number of halogens is 1. The van der Waals surface area contributed by atoms with E-state index in [9.17, 15) is 9.18 Å². The lowest BCUT2D eigenvalue weighted by molar-refractivity contribution is 0.177. The zero-order chi connectivity index (χ0) is 19.2. The lowest BCUT2D eigenvalue weighted by Gasteiger charge is -2.32. The number of nitrogens with one attached hydrogen (secondary N) is 2. The van der Waals surface area contributed by atoms with Crippen molar-refractivity contribution in [3.63, 3.8) is 0 Å². The van der Waals surface area contributed by atoms with E-state index < -0.39 is 0 Å². The minimum Gasteiger partial charge on any atom is -0.341 e. The molecule has 1 heterocycles. The molecule has 0 saturated carbocycles. The summed E-state index contributed by atoms with van der Waals surface area (Å²) in [5, 5.41) is 5.52. The van der Waals surface area contributed by atoms with Crippen molar-refractivity contribution in [2.45, 2.75) is 32.7 Å². The highest BCUT2D eigenvalue weighted by Crippen LogP contribution is 2.25. The van der Waals surface area contributed by atoms with Crippen molar-refractivity contribution in [1.82, 2.24) is 10.2 Å². The summed E-state index contributed by atoms with van der Waals surface area (Å²) in [7, 11) is 1.62. The number of rotatable bonds is 5. The molecule has 5 heteroatoms. The van der Waals surface area contributed by atoms with Crippen LogP contribution in [0.1, 0.15) is 29.5 Å². The second kappa shape index (κ2) is 9.00. The molecular weight excluding hydrogens is 341 g/mol. The monoisotopic (exact) mass is 369 g/mol. The molecule has 0 radical (unpaired) electrons. The maximum atomic E-state index is 13.0. The number of benzene rings is 2. The first kappa shape index (κ1) is 19.4. The fourth-order valence-corrected chi connectivity index (χ4v) is 3.70. The second-order valence-corrected chi connectivity index (χ2v) is 7.41. The van der Waals surface area contributed by atoms with Gasteiger partial charge in [-0.15, -0.1) is 0 Å². The maximum Gasteiger partial charge on any atom is 0.318 e. The van der Waals surface area contributed by atoms with E-state index >= 15 is 0 Å². The smallest absolute Gasteiger partial charge is 0.318 e. The van der Waals surface area contributed by atoms with E-state index in [1.165, 1.54) is 11.1 Å². The highest BCUT2D eigenvalue weighted by Gasteiger charge is 2.20. The van der Waals surface area contributed by atoms with Crippen molar-refractivity contribution < 1.29 is 9.18 Å². The quantitative estimate of drug-likeness (QED) is 0.823. The van der Waals surface area contributed by atoms with Gasteiger partial charge in [-0.1, -0.05) is 29.8 Å². The van der Waals surface area contributed by atoms with Gasteiger partial charge in [0, 0.05) is 19.3 Å². The van der Waals surface area contributed by atoms with Crippen LogP contribution in [0.15, 0.2) is 42.5 Å². The predicted octanol–water partition coefficient (Wildman–Crippen LogP) is 4.34. The summed E-state index contributed by atoms with van der Waals surface area (Å²) < 4.78 is 13.0. The van der Waals surface area contributed by atoms with Gasteiger partial charge >= 0.3 is 6.03 Å². The Bertz CT molecular complexity index is 768. The fraction of sp³-hybridized carbons (Fsp3) is 0.409. The molecule has 27 heavy (non-hydrogen) atoms. The summed E-state index contributed by atoms with van der Waals surface area (Å²) in [6, 6.07) is 12.8. The van der Waals surface area contributed by atoms with E-state index in [4.69, 9.17) is 0 Å². The van der Waals surface area contributed by atoms with E-state index in [2.05, 4.69) is 28.5 Å². The predicted molar refractivity (Wildman–Crippen MR) is 107 cm³/mol. The Balaban J connectivity index is 1.56. The molecule has 0 aliphatic carbocycles. The lowest BCUT2D eigenvalue weighted by Crippen LogP contribution is -2.34. The Hall–Kier alpha value is -2.40. The molecular formula is C22H28FN3O. The van der Waals surface area contributed by atoms with Crippen LogP contribution in [0.25, 0.3) is 0 Å². The highest BCUT2D eigenvalue weighted by molar-refractivity contribution is 5.89. The van der Waals surface area contributed by atoms with Crippen molar-refractivity contribution in [3.8, 4) is 0 Å². The van der Waals surface area contributed by atoms with Crippen LogP contribution in [0.2, 0.25) is 0 Å². The Morgan fingerprint density at radius 2 is 1.85 bits per heavy atom. The lowest BCUT2D eigenvalue weighted by atomic mass is 9.90. The van der Waals surface area contributed by atoms with E-state index in [1.807, 2.05) is 24.3 Å². The van der Waals surface area contributed by atoms with E-state index in [1.54, 1.807) is 19.2 Å². The van der Waals surface area contributed by atoms with E-state index in [0.717, 1.165) is 50.1 Å². The van der Waals surface area contributed by atoms with Crippen LogP contribution >= 0.6 is 0 Å². The molecule has 1 saturated heterocycles. The number of urea groups is 1. The first-order valence-corrected chi connectivity index (χ1v) is 9.58. The molecule has 3 rings (SSSR count). The number of hydrogen-bond donors (Lipinski definition) is 2. The minimum atomic E-state index is -0.196. The molecule has 2 aromatic carbocycles. The van der Waals surface area contributed by atoms with Crippen LogP contribution in [0, 0.1) is 18.7 Å². The third-order valence-electron chi connectivity index (χ3n) is 5.27. The molecule has 0 bridgehead atoms. The van der Waals surface area contributed by atoms with Crippen molar-refractivity contribution >= 4 is 11.7 Å². The molecule has 0 unspecified atom stereocenters. The Labute approximate surface area is 160 Å². The summed E-state index contributed by atoms with van der Waals surface area (Å²) >= 11 is 0. The van der Waals surface area contributed by atoms with Gasteiger partial charge in [-0.25, -0.2) is 9.18 Å². The van der Waals surface area contributed by atoms with Gasteiger partial charge in [0.1, 0.15) is 5.82 Å². The van der Waals surface area contributed by atoms with Crippen molar-refractivity contribution in [2.75, 3.05) is 25.5 Å². The summed E-state index contributed by atoms with van der Waals surface area (Å²) in [4.78, 5) is 14.1. The number of aryl methyl sites for hydroxylation is 1. The van der Waals surface area contributed by atoms with Crippen LogP contribution in [-0.2, 0) is 13.0 Å². The second-order valence-electron chi connectivity index (χ2n) is 7.41. The third-order valence-corrected chi connectivity index (χ3v) is 5.27. The molecule has 1 fully saturated rings. The molecule has 0 aromatic heterocycles. The first-order valence-electron chi connectivity index (χ1n) is 9.58. The normalized spacial score (nSPS) is 15.5. The zero-order valence-corrected chi connectivity index (χ0v) is 16.1. The van der Waals surface area contributed by atoms with Gasteiger partial charge in [-0.05, 0) is 74.5 Å². The summed E-state index contributed by atoms with van der Waals surface area (Å²) in [6.07, 6.45) is 3.30. The van der Waals surface area contributed by atoms with Gasteiger partial charge in [0.15, 0.2) is 0 Å². The molecule has 0 spiro atoms. The standard InChI is InChI=1S/C22H28FN3O/c1-16-3-8-21(25-22(27)24-2)19(13-16)15-26-11-9-18(10-12-26)14-17-4-6-20(23)7-5-17/h3-8,13,18H,9-12,14-15H2,1-2H3,(H2,24,25,27). The van der Waals surface area contributed by atoms with Gasteiger partial charge < -0.3 is 10.6 Å². The van der Waals surface area contributed by atoms with Gasteiger partial charge in [0.25, 0.3) is 0 Å². The first-order chi connectivity index (χ1) is 13.0.